The molecule has 0 aliphatic carbocycles. The molecule has 2 N–H and O–H groups in total. The van der Waals surface area contributed by atoms with Crippen LogP contribution >= 0.6 is 0 Å². The number of nitrogens with one attached hydrogen (secondary N) is 1. The van der Waals surface area contributed by atoms with Crippen molar-refractivity contribution in [1.82, 2.24) is 9.21 Å². The highest BCUT2D eigenvalue weighted by Crippen LogP contribution is 2.29. The Labute approximate surface area is 249 Å². The number of amides is 1. The highest BCUT2D eigenvalue weighted by Gasteiger charge is 2.32. The van der Waals surface area contributed by atoms with Crippen LogP contribution in [0.25, 0.3) is 0 Å². The fraction of sp³-hybridized carbons (Fsp3) is 0.552. The molecule has 11 nitrogen and oxygen atoms in total. The van der Waals surface area contributed by atoms with Crippen LogP contribution in [0.2, 0.25) is 0 Å². The van der Waals surface area contributed by atoms with E-state index in [4.69, 9.17) is 9.47 Å². The van der Waals surface area contributed by atoms with Gasteiger partial charge in [-0.05, 0) is 63.4 Å². The Hall–Kier alpha value is -2.71. The van der Waals surface area contributed by atoms with E-state index < -0.39 is 38.1 Å². The van der Waals surface area contributed by atoms with Crippen LogP contribution in [-0.2, 0) is 24.8 Å². The van der Waals surface area contributed by atoms with Gasteiger partial charge in [0.2, 0.25) is 20.0 Å². The Morgan fingerprint density at radius 3 is 2.43 bits per heavy atom. The second kappa shape index (κ2) is 14.6. The number of ether oxygens (including phenoxy) is 2. The zero-order valence-corrected chi connectivity index (χ0v) is 26.5. The van der Waals surface area contributed by atoms with Gasteiger partial charge in [0.05, 0.1) is 41.6 Å². The fourth-order valence-electron chi connectivity index (χ4n) is 4.79. The van der Waals surface area contributed by atoms with Crippen molar-refractivity contribution in [3.8, 4) is 5.75 Å². The summed E-state index contributed by atoms with van der Waals surface area (Å²) in [7, 11) is -5.87. The molecular formula is C29H43N3O8S2. The minimum Gasteiger partial charge on any atom is -0.490 e. The maximum absolute atomic E-state index is 14.1. The number of carbonyl (C=O) groups is 1. The summed E-state index contributed by atoms with van der Waals surface area (Å²) in [5.41, 5.74) is 0.363. The van der Waals surface area contributed by atoms with E-state index in [2.05, 4.69) is 4.72 Å². The number of likely N-dealkylation sites (N-methyl/N-ethyl adjacent to an activating group) is 1. The maximum Gasteiger partial charge on any atom is 0.258 e. The predicted octanol–water partition coefficient (Wildman–Crippen LogP) is 3.17. The van der Waals surface area contributed by atoms with Gasteiger partial charge in [0.15, 0.2) is 0 Å². The molecule has 0 saturated carbocycles. The molecule has 0 spiro atoms. The molecule has 1 amide bonds. The van der Waals surface area contributed by atoms with Crippen LogP contribution in [-0.4, -0.2) is 94.9 Å². The predicted molar refractivity (Wildman–Crippen MR) is 162 cm³/mol. The van der Waals surface area contributed by atoms with Crippen molar-refractivity contribution in [3.05, 3.63) is 54.1 Å². The third-order valence-electron chi connectivity index (χ3n) is 7.24. The Morgan fingerprint density at radius 2 is 1.79 bits per heavy atom. The highest BCUT2D eigenvalue weighted by atomic mass is 32.2. The minimum atomic E-state index is -3.77. The minimum absolute atomic E-state index is 0.0620. The lowest BCUT2D eigenvalue weighted by Crippen LogP contribution is -2.48. The Morgan fingerprint density at radius 1 is 1.10 bits per heavy atom. The molecule has 0 fully saturated rings. The normalized spacial score (nSPS) is 22.1. The lowest BCUT2D eigenvalue weighted by atomic mass is 10.0. The van der Waals surface area contributed by atoms with Gasteiger partial charge in [-0.1, -0.05) is 25.1 Å². The zero-order valence-electron chi connectivity index (χ0n) is 24.9. The Kier molecular flexibility index (Phi) is 11.8. The summed E-state index contributed by atoms with van der Waals surface area (Å²) in [6, 6.07) is 12.1. The number of fused-ring (bicyclic) bond motifs is 1. The van der Waals surface area contributed by atoms with E-state index >= 15 is 0 Å². The number of aliphatic hydroxyl groups excluding tert-OH is 1. The summed E-state index contributed by atoms with van der Waals surface area (Å²) in [5, 5.41) is 10.1. The number of hydrogen-bond acceptors (Lipinski definition) is 8. The lowest BCUT2D eigenvalue weighted by molar-refractivity contribution is -0.00833. The van der Waals surface area contributed by atoms with Gasteiger partial charge in [0.25, 0.3) is 5.91 Å². The molecule has 0 radical (unpaired) electrons. The van der Waals surface area contributed by atoms with E-state index in [1.165, 1.54) is 22.3 Å². The first-order chi connectivity index (χ1) is 19.7. The summed E-state index contributed by atoms with van der Waals surface area (Å²) >= 11 is 0. The highest BCUT2D eigenvalue weighted by molar-refractivity contribution is 7.92. The topological polar surface area (TPSA) is 143 Å². The number of carbonyl (C=O) groups excluding carboxylic acids is 1. The van der Waals surface area contributed by atoms with Crippen LogP contribution in [0.5, 0.6) is 5.75 Å². The fourth-order valence-corrected chi connectivity index (χ4v) is 6.55. The number of benzene rings is 2. The first-order valence-electron chi connectivity index (χ1n) is 14.1. The summed E-state index contributed by atoms with van der Waals surface area (Å²) in [6.07, 6.45) is 2.42. The molecule has 4 atom stereocenters. The van der Waals surface area contributed by atoms with Crippen LogP contribution in [0.3, 0.4) is 0 Å². The molecule has 1 aliphatic heterocycles. The van der Waals surface area contributed by atoms with Crippen LogP contribution in [0.15, 0.2) is 53.4 Å². The number of hydrogen-bond donors (Lipinski definition) is 2. The van der Waals surface area contributed by atoms with Gasteiger partial charge >= 0.3 is 0 Å². The number of rotatable bonds is 8. The molecule has 0 aromatic heterocycles. The number of sulfonamides is 2. The first kappa shape index (κ1) is 33.8. The summed E-state index contributed by atoms with van der Waals surface area (Å²) in [4.78, 5) is 15.7. The molecule has 0 unspecified atom stereocenters. The molecule has 1 heterocycles. The standard InChI is InChI=1S/C29H43N3O8S2/c1-21-18-32(22(2)20-33)29(34)26-17-24(30-41(5,35)36)14-15-27(26)40-23(3)11-9-10-16-39-28(21)19-31(4)42(37,38)25-12-7-6-8-13-25/h6-8,12-15,17,21-23,28,30,33H,9-11,16,18-20H2,1-5H3/t21-,22+,23+,28-/m1/s1. The Bertz CT molecular complexity index is 1400. The quantitative estimate of drug-likeness (QED) is 0.456. The number of nitrogens with zero attached hydrogens (tertiary/aromatic N) is 2. The zero-order chi connectivity index (χ0) is 31.1. The lowest BCUT2D eigenvalue weighted by Gasteiger charge is -2.35. The molecule has 2 aromatic carbocycles. The van der Waals surface area contributed by atoms with Crippen molar-refractivity contribution in [1.29, 1.82) is 0 Å². The second-order valence-electron chi connectivity index (χ2n) is 11.0. The summed E-state index contributed by atoms with van der Waals surface area (Å²) in [6.45, 7) is 5.77. The van der Waals surface area contributed by atoms with E-state index in [0.29, 0.717) is 18.8 Å². The van der Waals surface area contributed by atoms with Crippen molar-refractivity contribution in [2.75, 3.05) is 44.3 Å². The van der Waals surface area contributed by atoms with Gasteiger partial charge in [-0.3, -0.25) is 9.52 Å². The molecular weight excluding hydrogens is 582 g/mol. The Balaban J connectivity index is 1.98. The van der Waals surface area contributed by atoms with E-state index in [0.717, 1.165) is 19.1 Å². The van der Waals surface area contributed by atoms with Crippen molar-refractivity contribution < 1.29 is 36.2 Å². The van der Waals surface area contributed by atoms with Gasteiger partial charge < -0.3 is 19.5 Å². The average molecular weight is 626 g/mol. The van der Waals surface area contributed by atoms with Crippen LogP contribution in [0.1, 0.15) is 50.4 Å². The molecule has 1 aliphatic rings. The second-order valence-corrected chi connectivity index (χ2v) is 14.8. The SMILES string of the molecule is C[C@@H]1CN([C@@H](C)CO)C(=O)c2cc(NS(C)(=O)=O)ccc2O[C@@H](C)CCCCO[C@@H]1CN(C)S(=O)(=O)c1ccccc1. The van der Waals surface area contributed by atoms with Crippen molar-refractivity contribution in [3.63, 3.8) is 0 Å². The van der Waals surface area contributed by atoms with Gasteiger partial charge in [0, 0.05) is 38.3 Å². The molecule has 3 rings (SSSR count). The van der Waals surface area contributed by atoms with Crippen LogP contribution < -0.4 is 9.46 Å². The van der Waals surface area contributed by atoms with Crippen LogP contribution in [0.4, 0.5) is 5.69 Å². The van der Waals surface area contributed by atoms with Gasteiger partial charge in [0.1, 0.15) is 5.75 Å². The monoisotopic (exact) mass is 625 g/mol. The van der Waals surface area contributed by atoms with Gasteiger partial charge in [-0.15, -0.1) is 0 Å². The van der Waals surface area contributed by atoms with E-state index in [1.807, 2.05) is 13.8 Å². The summed E-state index contributed by atoms with van der Waals surface area (Å²) in [5.74, 6) is -0.475. The molecule has 13 heteroatoms. The van der Waals surface area contributed by atoms with E-state index in [-0.39, 0.29) is 47.9 Å². The van der Waals surface area contributed by atoms with Crippen molar-refractivity contribution in [2.24, 2.45) is 5.92 Å². The van der Waals surface area contributed by atoms with Gasteiger partial charge in [-0.25, -0.2) is 16.8 Å². The first-order valence-corrected chi connectivity index (χ1v) is 17.4. The maximum atomic E-state index is 14.1. The molecule has 0 bridgehead atoms. The smallest absolute Gasteiger partial charge is 0.258 e. The largest absolute Gasteiger partial charge is 0.490 e. The molecule has 2 aromatic rings. The third kappa shape index (κ3) is 9.14. The third-order valence-corrected chi connectivity index (χ3v) is 9.69. The number of aliphatic hydroxyl groups is 1. The van der Waals surface area contributed by atoms with E-state index in [9.17, 15) is 26.7 Å². The number of anilines is 1. The molecule has 234 valence electrons. The van der Waals surface area contributed by atoms with E-state index in [1.54, 1.807) is 49.4 Å². The van der Waals surface area contributed by atoms with Crippen molar-refractivity contribution >= 4 is 31.6 Å². The molecule has 42 heavy (non-hydrogen) atoms. The molecule has 0 saturated heterocycles. The summed E-state index contributed by atoms with van der Waals surface area (Å²) < 4.78 is 66.4. The van der Waals surface area contributed by atoms with Gasteiger partial charge in [-0.2, -0.15) is 4.31 Å². The van der Waals surface area contributed by atoms with Crippen LogP contribution in [0, 0.1) is 5.92 Å². The average Bonchev–Trinajstić information content (AvgIpc) is 2.94. The van der Waals surface area contributed by atoms with Crippen molar-refractivity contribution in [2.45, 2.75) is 63.2 Å².